The van der Waals surface area contributed by atoms with Crippen LogP contribution in [0.15, 0.2) is 58.1 Å². The van der Waals surface area contributed by atoms with Gasteiger partial charge in [-0.05, 0) is 37.6 Å². The quantitative estimate of drug-likeness (QED) is 0.263. The molecule has 1 aromatic carbocycles. The van der Waals surface area contributed by atoms with Gasteiger partial charge in [0.1, 0.15) is 5.76 Å². The van der Waals surface area contributed by atoms with E-state index in [2.05, 4.69) is 57.8 Å². The zero-order valence-electron chi connectivity index (χ0n) is 15.1. The lowest BCUT2D eigenvalue weighted by molar-refractivity contribution is 0.506. The Kier molecular flexibility index (Phi) is 10.8. The van der Waals surface area contributed by atoms with Crippen molar-refractivity contribution < 1.29 is 4.42 Å². The summed E-state index contributed by atoms with van der Waals surface area (Å²) in [5.41, 5.74) is 1.28. The number of para-hydroxylation sites is 1. The molecule has 1 aromatic heterocycles. The molecular weight excluding hydrogens is 427 g/mol. The van der Waals surface area contributed by atoms with Gasteiger partial charge in [0.2, 0.25) is 0 Å². The maximum absolute atomic E-state index is 5.32. The average molecular weight is 456 g/mol. The van der Waals surface area contributed by atoms with E-state index < -0.39 is 0 Å². The van der Waals surface area contributed by atoms with Crippen LogP contribution in [0.5, 0.6) is 0 Å². The maximum Gasteiger partial charge on any atom is 0.190 e. The second-order valence-electron chi connectivity index (χ2n) is 5.52. The van der Waals surface area contributed by atoms with Crippen LogP contribution in [0, 0.1) is 0 Å². The molecule has 0 fully saturated rings. The van der Waals surface area contributed by atoms with Crippen molar-refractivity contribution in [2.45, 2.75) is 19.8 Å². The highest BCUT2D eigenvalue weighted by Crippen LogP contribution is 2.12. The fourth-order valence-corrected chi connectivity index (χ4v) is 2.56. The van der Waals surface area contributed by atoms with Gasteiger partial charge < -0.3 is 20.0 Å². The molecule has 0 saturated carbocycles. The average Bonchev–Trinajstić information content (AvgIpc) is 3.14. The van der Waals surface area contributed by atoms with Crippen molar-refractivity contribution in [1.82, 2.24) is 10.6 Å². The molecule has 0 aliphatic rings. The Balaban J connectivity index is 0.00000312. The first-order chi connectivity index (χ1) is 11.8. The van der Waals surface area contributed by atoms with Crippen molar-refractivity contribution in [3.8, 4) is 0 Å². The van der Waals surface area contributed by atoms with E-state index >= 15 is 0 Å². The van der Waals surface area contributed by atoms with E-state index in [9.17, 15) is 0 Å². The first-order valence-electron chi connectivity index (χ1n) is 8.60. The zero-order valence-corrected chi connectivity index (χ0v) is 17.4. The third-order valence-electron chi connectivity index (χ3n) is 3.87. The molecule has 0 saturated heterocycles. The minimum Gasteiger partial charge on any atom is -0.469 e. The van der Waals surface area contributed by atoms with E-state index in [1.165, 1.54) is 5.69 Å². The van der Waals surface area contributed by atoms with E-state index in [-0.39, 0.29) is 24.0 Å². The predicted molar refractivity (Wildman–Crippen MR) is 116 cm³/mol. The van der Waals surface area contributed by atoms with E-state index in [4.69, 9.17) is 4.42 Å². The number of benzene rings is 1. The maximum atomic E-state index is 5.32. The van der Waals surface area contributed by atoms with Crippen molar-refractivity contribution >= 4 is 35.6 Å². The number of nitrogens with one attached hydrogen (secondary N) is 2. The summed E-state index contributed by atoms with van der Waals surface area (Å²) in [4.78, 5) is 6.64. The molecule has 0 atom stereocenters. The number of anilines is 1. The van der Waals surface area contributed by atoms with Gasteiger partial charge >= 0.3 is 0 Å². The van der Waals surface area contributed by atoms with Gasteiger partial charge in [-0.1, -0.05) is 18.2 Å². The summed E-state index contributed by atoms with van der Waals surface area (Å²) in [5, 5.41) is 6.67. The Morgan fingerprint density at radius 3 is 2.48 bits per heavy atom. The number of halogens is 1. The fraction of sp³-hybridized carbons (Fsp3) is 0.421. The molecule has 0 aliphatic heterocycles. The molecule has 2 aromatic rings. The third kappa shape index (κ3) is 7.81. The molecular formula is C19H29IN4O. The van der Waals surface area contributed by atoms with E-state index in [0.29, 0.717) is 0 Å². The van der Waals surface area contributed by atoms with Gasteiger partial charge in [-0.3, -0.25) is 4.99 Å². The summed E-state index contributed by atoms with van der Waals surface area (Å²) in [6, 6.07) is 14.4. The Hall–Kier alpha value is -1.70. The predicted octanol–water partition coefficient (Wildman–Crippen LogP) is 3.52. The lowest BCUT2D eigenvalue weighted by Crippen LogP contribution is -2.39. The van der Waals surface area contributed by atoms with Gasteiger partial charge in [-0.2, -0.15) is 0 Å². The Morgan fingerprint density at radius 2 is 1.84 bits per heavy atom. The summed E-state index contributed by atoms with van der Waals surface area (Å²) in [6.07, 6.45) is 3.61. The fourth-order valence-electron chi connectivity index (χ4n) is 2.56. The van der Waals surface area contributed by atoms with Crippen LogP contribution in [-0.4, -0.2) is 39.2 Å². The van der Waals surface area contributed by atoms with Gasteiger partial charge in [0.25, 0.3) is 0 Å². The number of furan rings is 1. The number of guanidine groups is 1. The molecule has 0 unspecified atom stereocenters. The molecule has 1 heterocycles. The molecule has 0 amide bonds. The highest BCUT2D eigenvalue weighted by atomic mass is 127. The normalized spacial score (nSPS) is 10.9. The monoisotopic (exact) mass is 456 g/mol. The second kappa shape index (κ2) is 12.6. The first kappa shape index (κ1) is 21.3. The summed E-state index contributed by atoms with van der Waals surface area (Å²) in [6.45, 7) is 5.93. The van der Waals surface area contributed by atoms with Crippen LogP contribution in [0.1, 0.15) is 19.1 Å². The Labute approximate surface area is 167 Å². The van der Waals surface area contributed by atoms with Crippen LogP contribution in [0.3, 0.4) is 0 Å². The van der Waals surface area contributed by atoms with Gasteiger partial charge in [-0.25, -0.2) is 0 Å². The smallest absolute Gasteiger partial charge is 0.190 e. The van der Waals surface area contributed by atoms with E-state index in [0.717, 1.165) is 50.7 Å². The van der Waals surface area contributed by atoms with Gasteiger partial charge in [0.15, 0.2) is 5.96 Å². The summed E-state index contributed by atoms with van der Waals surface area (Å²) in [7, 11) is 1.80. The van der Waals surface area contributed by atoms with Crippen molar-refractivity contribution in [1.29, 1.82) is 0 Å². The van der Waals surface area contributed by atoms with Gasteiger partial charge in [0, 0.05) is 45.3 Å². The molecule has 6 heteroatoms. The number of hydrogen-bond donors (Lipinski definition) is 2. The van der Waals surface area contributed by atoms with Crippen LogP contribution in [-0.2, 0) is 6.42 Å². The molecule has 0 radical (unpaired) electrons. The lowest BCUT2D eigenvalue weighted by atomic mass is 10.2. The summed E-state index contributed by atoms with van der Waals surface area (Å²) >= 11 is 0. The van der Waals surface area contributed by atoms with Crippen molar-refractivity contribution in [3.05, 3.63) is 54.5 Å². The lowest BCUT2D eigenvalue weighted by Gasteiger charge is -2.23. The molecule has 25 heavy (non-hydrogen) atoms. The molecule has 0 spiro atoms. The standard InChI is InChI=1S/C19H28N4O.HI/c1-3-23(17-9-5-4-6-10-17)15-8-13-21-19(20-2)22-14-12-18-11-7-16-24-18;/h4-7,9-11,16H,3,8,12-15H2,1-2H3,(H2,20,21,22);1H. The van der Waals surface area contributed by atoms with E-state index in [1.54, 1.807) is 13.3 Å². The van der Waals surface area contributed by atoms with Gasteiger partial charge in [-0.15, -0.1) is 24.0 Å². The number of rotatable bonds is 9. The molecule has 2 rings (SSSR count). The van der Waals surface area contributed by atoms with Gasteiger partial charge in [0.05, 0.1) is 6.26 Å². The second-order valence-corrected chi connectivity index (χ2v) is 5.52. The first-order valence-corrected chi connectivity index (χ1v) is 8.60. The minimum atomic E-state index is 0. The SMILES string of the molecule is CCN(CCCNC(=NC)NCCc1ccco1)c1ccccc1.I. The highest BCUT2D eigenvalue weighted by molar-refractivity contribution is 14.0. The minimum absolute atomic E-state index is 0. The Morgan fingerprint density at radius 1 is 1.08 bits per heavy atom. The van der Waals surface area contributed by atoms with Crippen LogP contribution in [0.25, 0.3) is 0 Å². The number of hydrogen-bond acceptors (Lipinski definition) is 3. The van der Waals surface area contributed by atoms with Crippen molar-refractivity contribution in [2.75, 3.05) is 38.1 Å². The van der Waals surface area contributed by atoms with E-state index in [1.807, 2.05) is 12.1 Å². The van der Waals surface area contributed by atoms with Crippen LogP contribution in [0.2, 0.25) is 0 Å². The van der Waals surface area contributed by atoms with Crippen LogP contribution < -0.4 is 15.5 Å². The highest BCUT2D eigenvalue weighted by Gasteiger charge is 2.03. The molecule has 0 aliphatic carbocycles. The summed E-state index contributed by atoms with van der Waals surface area (Å²) in [5.74, 6) is 1.82. The topological polar surface area (TPSA) is 52.8 Å². The molecule has 0 bridgehead atoms. The van der Waals surface area contributed by atoms with Crippen LogP contribution >= 0.6 is 24.0 Å². The number of aliphatic imine (C=N–C) groups is 1. The van der Waals surface area contributed by atoms with Crippen molar-refractivity contribution in [3.63, 3.8) is 0 Å². The van der Waals surface area contributed by atoms with Crippen LogP contribution in [0.4, 0.5) is 5.69 Å². The zero-order chi connectivity index (χ0) is 17.0. The number of nitrogens with zero attached hydrogens (tertiary/aromatic N) is 2. The Bertz CT molecular complexity index is 587. The molecule has 138 valence electrons. The molecule has 5 nitrogen and oxygen atoms in total. The summed E-state index contributed by atoms with van der Waals surface area (Å²) < 4.78 is 5.32. The largest absolute Gasteiger partial charge is 0.469 e. The third-order valence-corrected chi connectivity index (χ3v) is 3.87. The van der Waals surface area contributed by atoms with Crippen molar-refractivity contribution in [2.24, 2.45) is 4.99 Å². The molecule has 2 N–H and O–H groups in total.